The molecule has 1 aromatic rings. The molecule has 0 aromatic carbocycles. The zero-order valence-electron chi connectivity index (χ0n) is 8.49. The average molecular weight is 227 g/mol. The van der Waals surface area contributed by atoms with Crippen LogP contribution in [0.3, 0.4) is 0 Å². The number of hydrogen-bond donors (Lipinski definition) is 2. The molecule has 0 atom stereocenters. The summed E-state index contributed by atoms with van der Waals surface area (Å²) in [4.78, 5) is 4.19. The maximum absolute atomic E-state index is 9.37. The lowest BCUT2D eigenvalue weighted by atomic mass is 9.93. The van der Waals surface area contributed by atoms with E-state index in [1.807, 2.05) is 12.1 Å². The Morgan fingerprint density at radius 2 is 2.00 bits per heavy atom. The van der Waals surface area contributed by atoms with Gasteiger partial charge in [0.25, 0.3) is 0 Å². The van der Waals surface area contributed by atoms with E-state index < -0.39 is 0 Å². The highest BCUT2D eigenvalue weighted by Gasteiger charge is 2.19. The Morgan fingerprint density at radius 3 is 2.60 bits per heavy atom. The first kappa shape index (κ1) is 10.7. The minimum Gasteiger partial charge on any atom is -0.393 e. The van der Waals surface area contributed by atoms with E-state index >= 15 is 0 Å². The molecular weight excluding hydrogens is 212 g/mol. The molecule has 0 amide bonds. The molecule has 1 heterocycles. The Balaban J connectivity index is 1.89. The third-order valence-electron chi connectivity index (χ3n) is 2.78. The molecule has 1 aromatic heterocycles. The predicted octanol–water partition coefficient (Wildman–Crippen LogP) is 2.45. The highest BCUT2D eigenvalue weighted by atomic mass is 35.5. The largest absolute Gasteiger partial charge is 0.393 e. The summed E-state index contributed by atoms with van der Waals surface area (Å²) in [6.07, 6.45) is 5.30. The number of anilines is 1. The first-order valence-electron chi connectivity index (χ1n) is 5.30. The molecule has 4 heteroatoms. The van der Waals surface area contributed by atoms with Gasteiger partial charge in [0.15, 0.2) is 0 Å². The Labute approximate surface area is 94.5 Å². The molecule has 0 radical (unpaired) electrons. The van der Waals surface area contributed by atoms with Crippen LogP contribution in [0.1, 0.15) is 25.7 Å². The summed E-state index contributed by atoms with van der Waals surface area (Å²) in [5, 5.41) is 13.4. The van der Waals surface area contributed by atoms with Gasteiger partial charge in [-0.15, -0.1) is 0 Å². The van der Waals surface area contributed by atoms with E-state index in [0.29, 0.717) is 11.1 Å². The third-order valence-corrected chi connectivity index (χ3v) is 3.00. The summed E-state index contributed by atoms with van der Waals surface area (Å²) in [5.74, 6) is 0.862. The van der Waals surface area contributed by atoms with Crippen molar-refractivity contribution in [3.8, 4) is 0 Å². The molecule has 15 heavy (non-hydrogen) atoms. The van der Waals surface area contributed by atoms with Gasteiger partial charge in [0, 0.05) is 12.2 Å². The van der Waals surface area contributed by atoms with Gasteiger partial charge in [-0.25, -0.2) is 4.98 Å². The van der Waals surface area contributed by atoms with Crippen molar-refractivity contribution < 1.29 is 5.11 Å². The molecule has 1 aliphatic rings. The molecular formula is C11H15ClN2O. The SMILES string of the molecule is OC1CCC(Nc2ccc(Cl)cn2)CC1. The monoisotopic (exact) mass is 226 g/mol. The van der Waals surface area contributed by atoms with Gasteiger partial charge in [-0.05, 0) is 37.8 Å². The summed E-state index contributed by atoms with van der Waals surface area (Å²) >= 11 is 5.75. The lowest BCUT2D eigenvalue weighted by Gasteiger charge is -2.26. The van der Waals surface area contributed by atoms with Crippen LogP contribution in [0.5, 0.6) is 0 Å². The van der Waals surface area contributed by atoms with Crippen molar-refractivity contribution in [1.29, 1.82) is 0 Å². The van der Waals surface area contributed by atoms with Gasteiger partial charge in [0.2, 0.25) is 0 Å². The lowest BCUT2D eigenvalue weighted by Crippen LogP contribution is -2.28. The molecule has 0 saturated heterocycles. The Morgan fingerprint density at radius 1 is 1.27 bits per heavy atom. The number of nitrogens with one attached hydrogen (secondary N) is 1. The smallest absolute Gasteiger partial charge is 0.126 e. The fourth-order valence-electron chi connectivity index (χ4n) is 1.89. The molecule has 82 valence electrons. The number of rotatable bonds is 2. The summed E-state index contributed by atoms with van der Waals surface area (Å²) in [6.45, 7) is 0. The predicted molar refractivity (Wildman–Crippen MR) is 61.1 cm³/mol. The lowest BCUT2D eigenvalue weighted by molar-refractivity contribution is 0.126. The van der Waals surface area contributed by atoms with E-state index in [0.717, 1.165) is 31.5 Å². The topological polar surface area (TPSA) is 45.1 Å². The van der Waals surface area contributed by atoms with E-state index in [1.54, 1.807) is 6.20 Å². The second kappa shape index (κ2) is 4.81. The second-order valence-electron chi connectivity index (χ2n) is 4.01. The minimum absolute atomic E-state index is 0.110. The van der Waals surface area contributed by atoms with Crippen LogP contribution in [0.15, 0.2) is 18.3 Å². The molecule has 0 bridgehead atoms. The van der Waals surface area contributed by atoms with Gasteiger partial charge in [0.05, 0.1) is 11.1 Å². The number of pyridine rings is 1. The molecule has 2 rings (SSSR count). The zero-order chi connectivity index (χ0) is 10.7. The molecule has 1 saturated carbocycles. The quantitative estimate of drug-likeness (QED) is 0.814. The normalized spacial score (nSPS) is 26.3. The van der Waals surface area contributed by atoms with Crippen LogP contribution in [0, 0.1) is 0 Å². The summed E-state index contributed by atoms with van der Waals surface area (Å²) in [5.41, 5.74) is 0. The summed E-state index contributed by atoms with van der Waals surface area (Å²) in [6, 6.07) is 4.14. The van der Waals surface area contributed by atoms with E-state index in [9.17, 15) is 5.11 Å². The maximum atomic E-state index is 9.37. The highest BCUT2D eigenvalue weighted by molar-refractivity contribution is 6.30. The number of hydrogen-bond acceptors (Lipinski definition) is 3. The Kier molecular flexibility index (Phi) is 3.44. The van der Waals surface area contributed by atoms with Crippen LogP contribution in [0.2, 0.25) is 5.02 Å². The first-order chi connectivity index (χ1) is 7.24. The standard InChI is InChI=1S/C11H15ClN2O/c12-8-1-6-11(13-7-8)14-9-2-4-10(15)5-3-9/h1,6-7,9-10,15H,2-5H2,(H,13,14). The number of aliphatic hydroxyl groups is 1. The van der Waals surface area contributed by atoms with Gasteiger partial charge in [-0.3, -0.25) is 0 Å². The average Bonchev–Trinajstić information content (AvgIpc) is 2.25. The van der Waals surface area contributed by atoms with Crippen molar-refractivity contribution in [3.05, 3.63) is 23.4 Å². The Hall–Kier alpha value is -0.800. The van der Waals surface area contributed by atoms with Crippen molar-refractivity contribution in [1.82, 2.24) is 4.98 Å². The third kappa shape index (κ3) is 3.08. The number of nitrogens with zero attached hydrogens (tertiary/aromatic N) is 1. The molecule has 2 N–H and O–H groups in total. The van der Waals surface area contributed by atoms with Gasteiger partial charge in [-0.1, -0.05) is 11.6 Å². The molecule has 0 unspecified atom stereocenters. The number of aromatic nitrogens is 1. The molecule has 0 spiro atoms. The highest BCUT2D eigenvalue weighted by Crippen LogP contribution is 2.21. The maximum Gasteiger partial charge on any atom is 0.126 e. The fraction of sp³-hybridized carbons (Fsp3) is 0.545. The summed E-state index contributed by atoms with van der Waals surface area (Å²) in [7, 11) is 0. The molecule has 3 nitrogen and oxygen atoms in total. The minimum atomic E-state index is -0.110. The van der Waals surface area contributed by atoms with Crippen molar-refractivity contribution >= 4 is 17.4 Å². The second-order valence-corrected chi connectivity index (χ2v) is 4.45. The van der Waals surface area contributed by atoms with Crippen molar-refractivity contribution in [3.63, 3.8) is 0 Å². The molecule has 1 fully saturated rings. The van der Waals surface area contributed by atoms with Crippen molar-refractivity contribution in [2.75, 3.05) is 5.32 Å². The van der Waals surface area contributed by atoms with E-state index in [-0.39, 0.29) is 6.10 Å². The van der Waals surface area contributed by atoms with Crippen LogP contribution in [0.25, 0.3) is 0 Å². The van der Waals surface area contributed by atoms with E-state index in [2.05, 4.69) is 10.3 Å². The fourth-order valence-corrected chi connectivity index (χ4v) is 2.00. The zero-order valence-corrected chi connectivity index (χ0v) is 9.24. The van der Waals surface area contributed by atoms with Crippen molar-refractivity contribution in [2.24, 2.45) is 0 Å². The van der Waals surface area contributed by atoms with Crippen LogP contribution in [-0.2, 0) is 0 Å². The van der Waals surface area contributed by atoms with Gasteiger partial charge >= 0.3 is 0 Å². The van der Waals surface area contributed by atoms with E-state index in [4.69, 9.17) is 11.6 Å². The van der Waals surface area contributed by atoms with Gasteiger partial charge in [-0.2, -0.15) is 0 Å². The van der Waals surface area contributed by atoms with Crippen LogP contribution in [0.4, 0.5) is 5.82 Å². The van der Waals surface area contributed by atoms with Gasteiger partial charge < -0.3 is 10.4 Å². The van der Waals surface area contributed by atoms with Crippen LogP contribution < -0.4 is 5.32 Å². The van der Waals surface area contributed by atoms with Crippen LogP contribution >= 0.6 is 11.6 Å². The van der Waals surface area contributed by atoms with E-state index in [1.165, 1.54) is 0 Å². The van der Waals surface area contributed by atoms with Crippen molar-refractivity contribution in [2.45, 2.75) is 37.8 Å². The number of halogens is 1. The Bertz CT molecular complexity index is 307. The molecule has 0 aliphatic heterocycles. The first-order valence-corrected chi connectivity index (χ1v) is 5.68. The number of aliphatic hydroxyl groups excluding tert-OH is 1. The summed E-state index contributed by atoms with van der Waals surface area (Å²) < 4.78 is 0. The van der Waals surface area contributed by atoms with Crippen LogP contribution in [-0.4, -0.2) is 22.2 Å². The molecule has 1 aliphatic carbocycles. The van der Waals surface area contributed by atoms with Gasteiger partial charge in [0.1, 0.15) is 5.82 Å².